The zero-order valence-electron chi connectivity index (χ0n) is 42.1. The maximum absolute atomic E-state index is 15.6. The number of aromatic nitrogens is 5. The van der Waals surface area contributed by atoms with Crippen LogP contribution in [0.15, 0.2) is 42.5 Å². The summed E-state index contributed by atoms with van der Waals surface area (Å²) < 4.78 is 204. The Morgan fingerprint density at radius 2 is 1.59 bits per heavy atom. The van der Waals surface area contributed by atoms with E-state index in [9.17, 15) is 66.3 Å². The Hall–Kier alpha value is -6.31. The van der Waals surface area contributed by atoms with E-state index in [1.807, 2.05) is 0 Å². The monoisotopic (exact) mass is 1170 g/mol. The van der Waals surface area contributed by atoms with Crippen molar-refractivity contribution in [2.24, 2.45) is 17.6 Å². The molecule has 7 rings (SSSR count). The summed E-state index contributed by atoms with van der Waals surface area (Å²) in [6.45, 7) is 2.29. The van der Waals surface area contributed by atoms with Crippen LogP contribution in [0.1, 0.15) is 99.2 Å². The average Bonchev–Trinajstić information content (AvgIpc) is 3.96. The van der Waals surface area contributed by atoms with Crippen LogP contribution in [-0.4, -0.2) is 95.2 Å². The molecule has 2 amide bonds. The second-order valence-electron chi connectivity index (χ2n) is 19.8. The second kappa shape index (κ2) is 21.4. The molecule has 5 aromatic rings. The first-order chi connectivity index (χ1) is 35.9. The fourth-order valence-electron chi connectivity index (χ4n) is 8.88. The maximum Gasteiger partial charge on any atom is 0.435 e. The van der Waals surface area contributed by atoms with E-state index in [0.29, 0.717) is 12.3 Å². The number of nitrogens with two attached hydrogens (primary N) is 1. The zero-order chi connectivity index (χ0) is 58.0. The highest BCUT2D eigenvalue weighted by Crippen LogP contribution is 2.68. The average molecular weight is 1170 g/mol. The van der Waals surface area contributed by atoms with Crippen LogP contribution in [0.25, 0.3) is 22.0 Å². The number of amides is 2. The second-order valence-corrected chi connectivity index (χ2v) is 24.6. The Balaban J connectivity index is 1.41. The molecule has 3 aromatic heterocycles. The molecule has 2 aliphatic rings. The number of benzene rings is 2. The lowest BCUT2D eigenvalue weighted by molar-refractivity contribution is -0.146. The topological polar surface area (TPSA) is 219 Å². The highest BCUT2D eigenvalue weighted by molar-refractivity contribution is 7.93. The van der Waals surface area contributed by atoms with Crippen LogP contribution in [0.2, 0.25) is 5.02 Å². The third kappa shape index (κ3) is 12.6. The first-order valence-electron chi connectivity index (χ1n) is 23.7. The van der Waals surface area contributed by atoms with Gasteiger partial charge in [0, 0.05) is 41.4 Å². The Labute approximate surface area is 445 Å². The largest absolute Gasteiger partial charge is 0.465 e. The van der Waals surface area contributed by atoms with Crippen LogP contribution in [0, 0.1) is 35.3 Å². The van der Waals surface area contributed by atoms with Crippen molar-refractivity contribution in [2.75, 3.05) is 23.4 Å². The van der Waals surface area contributed by atoms with Crippen molar-refractivity contribution in [2.45, 2.75) is 114 Å². The van der Waals surface area contributed by atoms with Crippen molar-refractivity contribution >= 4 is 66.0 Å². The summed E-state index contributed by atoms with van der Waals surface area (Å²) in [6, 6.07) is 3.82. The molecule has 16 nitrogen and oxygen atoms in total. The van der Waals surface area contributed by atoms with Crippen LogP contribution in [0.3, 0.4) is 0 Å². The summed E-state index contributed by atoms with van der Waals surface area (Å²) in [5, 5.41) is 8.76. The SMILES string of the molecule is CC(C)[C@H](N)C(=O)OCCCCC(=O)N(c1nn(CC(F)(F)F)c2c(-c3ccc(C#CC(C)(C)S(C)(=O)=O)nc3[C@H](Cc3cc(F)cc(F)c3)NC(=O)Cn3nc(C(F)(F)F)c4c3C(F)(F)[C@@H]3C[C@H]43)ccc(Cl)c12)S(C)(=O)=O. The summed E-state index contributed by atoms with van der Waals surface area (Å²) in [4.78, 5) is 45.0. The minimum Gasteiger partial charge on any atom is -0.465 e. The number of hydrogen-bond acceptors (Lipinski definition) is 12. The van der Waals surface area contributed by atoms with Gasteiger partial charge >= 0.3 is 18.3 Å². The van der Waals surface area contributed by atoms with E-state index >= 15 is 8.78 Å². The third-order valence-electron chi connectivity index (χ3n) is 13.1. The van der Waals surface area contributed by atoms with E-state index in [1.54, 1.807) is 13.8 Å². The lowest BCUT2D eigenvalue weighted by Gasteiger charge is -2.23. The number of unbranched alkanes of at least 4 members (excludes halogenated alkanes) is 1. The number of sulfone groups is 1. The Morgan fingerprint density at radius 3 is 2.18 bits per heavy atom. The summed E-state index contributed by atoms with van der Waals surface area (Å²) >= 11 is 6.69. The summed E-state index contributed by atoms with van der Waals surface area (Å²) in [6.07, 6.45) is -10.7. The van der Waals surface area contributed by atoms with Crippen molar-refractivity contribution in [3.8, 4) is 23.0 Å². The number of pyridine rings is 1. The zero-order valence-corrected chi connectivity index (χ0v) is 44.5. The van der Waals surface area contributed by atoms with Crippen molar-refractivity contribution in [3.63, 3.8) is 0 Å². The first kappa shape index (κ1) is 59.4. The number of nitrogens with zero attached hydrogens (tertiary/aromatic N) is 6. The number of carbonyl (C=O) groups excluding carboxylic acids is 3. The van der Waals surface area contributed by atoms with Gasteiger partial charge in [0.25, 0.3) is 5.92 Å². The molecular weight excluding hydrogens is 1120 g/mol. The van der Waals surface area contributed by atoms with Crippen molar-refractivity contribution in [3.05, 3.63) is 93.0 Å². The highest BCUT2D eigenvalue weighted by atomic mass is 35.5. The van der Waals surface area contributed by atoms with Gasteiger partial charge in [0.15, 0.2) is 21.3 Å². The molecule has 29 heteroatoms. The normalized spacial score (nSPS) is 17.0. The summed E-state index contributed by atoms with van der Waals surface area (Å²) in [7, 11) is -8.72. The fraction of sp³-hybridized carbons (Fsp3) is 0.469. The van der Waals surface area contributed by atoms with E-state index < -0.39 is 167 Å². The van der Waals surface area contributed by atoms with E-state index in [0.717, 1.165) is 42.7 Å². The molecular formula is C49H49ClF10N8O8S2. The number of halogens is 11. The van der Waals surface area contributed by atoms with Gasteiger partial charge in [-0.05, 0) is 93.2 Å². The van der Waals surface area contributed by atoms with Gasteiger partial charge in [-0.25, -0.2) is 30.6 Å². The molecule has 0 saturated heterocycles. The molecule has 0 aliphatic heterocycles. The van der Waals surface area contributed by atoms with Crippen LogP contribution in [-0.2, 0) is 70.6 Å². The highest BCUT2D eigenvalue weighted by Gasteiger charge is 2.68. The van der Waals surface area contributed by atoms with Gasteiger partial charge in [-0.15, -0.1) is 0 Å². The van der Waals surface area contributed by atoms with Crippen LogP contribution >= 0.6 is 11.6 Å². The summed E-state index contributed by atoms with van der Waals surface area (Å²) in [5.74, 6) is -8.23. The standard InChI is InChI=1S/C49H49ClF10N8O8S2/c1-24(2)39(61)45(71)76-16-8-7-9-36(70)68(78(6,74)75)44-38-33(50)13-12-30(41(38)67(65-44)23-47(53,54)55)29-11-10-28(14-15-46(3,4)77(5,72)73)62-40(29)34(19-25-17-26(51)20-27(52)18-25)63-35(69)22-66-43-37(42(64-66)49(58,59)60)31-21-32(31)48(43,56)57/h10-13,17-18,20,24,31-32,34,39H,7-9,16,19,21-23,61H2,1-6H3,(H,63,69)/t31-,32+,34-,39-/m0/s1. The maximum atomic E-state index is 15.6. The lowest BCUT2D eigenvalue weighted by Crippen LogP contribution is -2.37. The quantitative estimate of drug-likeness (QED) is 0.0367. The number of nitrogens with one attached hydrogen (secondary N) is 1. The van der Waals surface area contributed by atoms with Gasteiger partial charge in [0.1, 0.15) is 46.9 Å². The van der Waals surface area contributed by atoms with Gasteiger partial charge in [0.2, 0.25) is 21.8 Å². The van der Waals surface area contributed by atoms with E-state index in [1.165, 1.54) is 13.8 Å². The smallest absolute Gasteiger partial charge is 0.435 e. The molecule has 0 radical (unpaired) electrons. The Morgan fingerprint density at radius 1 is 0.949 bits per heavy atom. The number of rotatable bonds is 18. The van der Waals surface area contributed by atoms with Crippen molar-refractivity contribution in [1.29, 1.82) is 0 Å². The molecule has 3 N–H and O–H groups in total. The van der Waals surface area contributed by atoms with Gasteiger partial charge in [-0.1, -0.05) is 37.4 Å². The molecule has 2 aromatic carbocycles. The number of esters is 1. The van der Waals surface area contributed by atoms with Crippen molar-refractivity contribution in [1.82, 2.24) is 29.9 Å². The van der Waals surface area contributed by atoms with Crippen LogP contribution < -0.4 is 15.4 Å². The molecule has 4 atom stereocenters. The van der Waals surface area contributed by atoms with Crippen molar-refractivity contribution < 1.29 is 79.9 Å². The van der Waals surface area contributed by atoms with E-state index in [4.69, 9.17) is 22.1 Å². The Kier molecular flexibility index (Phi) is 16.3. The number of hydrogen-bond donors (Lipinski definition) is 2. The molecule has 2 aliphatic carbocycles. The number of carbonyl (C=O) groups is 3. The summed E-state index contributed by atoms with van der Waals surface area (Å²) in [5.41, 5.74) is -0.116. The molecule has 3 heterocycles. The predicted octanol–water partition coefficient (Wildman–Crippen LogP) is 8.28. The third-order valence-corrected chi connectivity index (χ3v) is 16.4. The first-order valence-corrected chi connectivity index (χ1v) is 27.8. The molecule has 1 saturated carbocycles. The predicted molar refractivity (Wildman–Crippen MR) is 263 cm³/mol. The number of anilines is 1. The van der Waals surface area contributed by atoms with Gasteiger partial charge < -0.3 is 15.8 Å². The van der Waals surface area contributed by atoms with Gasteiger partial charge in [-0.3, -0.25) is 23.7 Å². The minimum atomic E-state index is -5.23. The number of alkyl halides is 8. The van der Waals surface area contributed by atoms with Crippen LogP contribution in [0.4, 0.5) is 49.7 Å². The molecule has 1 fully saturated rings. The van der Waals surface area contributed by atoms with E-state index in [-0.39, 0.29) is 67.8 Å². The van der Waals surface area contributed by atoms with E-state index in [2.05, 4.69) is 32.3 Å². The van der Waals surface area contributed by atoms with Gasteiger partial charge in [-0.2, -0.15) is 49.6 Å². The molecule has 0 bridgehead atoms. The minimum absolute atomic E-state index is 0.00207. The number of fused-ring (bicyclic) bond motifs is 4. The number of ether oxygens (including phenoxy) is 1. The Bertz CT molecular complexity index is 3500. The molecule has 422 valence electrons. The fourth-order valence-corrected chi connectivity index (χ4v) is 10.3. The molecule has 0 spiro atoms. The number of sulfonamides is 1. The lowest BCUT2D eigenvalue weighted by atomic mass is 9.93. The molecule has 78 heavy (non-hydrogen) atoms. The molecule has 0 unspecified atom stereocenters. The van der Waals surface area contributed by atoms with Crippen LogP contribution in [0.5, 0.6) is 0 Å². The van der Waals surface area contributed by atoms with Gasteiger partial charge in [0.05, 0.1) is 40.5 Å².